The first kappa shape index (κ1) is 13.4. The van der Waals surface area contributed by atoms with Crippen molar-refractivity contribution in [1.82, 2.24) is 9.88 Å². The summed E-state index contributed by atoms with van der Waals surface area (Å²) < 4.78 is 0. The van der Waals surface area contributed by atoms with Crippen LogP contribution in [-0.2, 0) is 6.54 Å². The number of halogens is 1. The number of nitrogens with zero attached hydrogens (tertiary/aromatic N) is 3. The van der Waals surface area contributed by atoms with E-state index in [0.717, 1.165) is 33.6 Å². The molecule has 0 saturated carbocycles. The summed E-state index contributed by atoms with van der Waals surface area (Å²) in [7, 11) is 0. The summed E-state index contributed by atoms with van der Waals surface area (Å²) in [5.41, 5.74) is 6.98. The number of guanidine groups is 1. The van der Waals surface area contributed by atoms with Crippen LogP contribution in [0.15, 0.2) is 35.5 Å². The van der Waals surface area contributed by atoms with Crippen LogP contribution in [0.3, 0.4) is 0 Å². The van der Waals surface area contributed by atoms with E-state index in [9.17, 15) is 0 Å². The Morgan fingerprint density at radius 1 is 1.35 bits per heavy atom. The highest BCUT2D eigenvalue weighted by Gasteiger charge is 2.15. The van der Waals surface area contributed by atoms with Crippen LogP contribution in [0.2, 0.25) is 5.02 Å². The second-order valence-electron chi connectivity index (χ2n) is 4.65. The maximum Gasteiger partial charge on any atom is 0.191 e. The van der Waals surface area contributed by atoms with Gasteiger partial charge in [0.1, 0.15) is 5.01 Å². The van der Waals surface area contributed by atoms with Crippen LogP contribution >= 0.6 is 22.9 Å². The Hall–Kier alpha value is -1.59. The quantitative estimate of drug-likeness (QED) is 0.700. The van der Waals surface area contributed by atoms with E-state index in [-0.39, 0.29) is 0 Å². The lowest BCUT2D eigenvalue weighted by Gasteiger charge is -2.31. The average molecular weight is 307 g/mol. The summed E-state index contributed by atoms with van der Waals surface area (Å²) in [6, 6.07) is 7.70. The lowest BCUT2D eigenvalue weighted by atomic mass is 10.2. The van der Waals surface area contributed by atoms with Gasteiger partial charge < -0.3 is 10.6 Å². The summed E-state index contributed by atoms with van der Waals surface area (Å²) in [5.74, 6) is 0.637. The molecule has 2 heterocycles. The van der Waals surface area contributed by atoms with Gasteiger partial charge in [-0.1, -0.05) is 23.7 Å². The Kier molecular flexibility index (Phi) is 3.89. The topological polar surface area (TPSA) is 54.5 Å². The Balaban J connectivity index is 1.68. The highest BCUT2D eigenvalue weighted by Crippen LogP contribution is 2.26. The van der Waals surface area contributed by atoms with E-state index in [1.807, 2.05) is 30.5 Å². The average Bonchev–Trinajstić information content (AvgIpc) is 2.84. The first-order valence-corrected chi connectivity index (χ1v) is 7.67. The molecular formula is C14H15ClN4S. The van der Waals surface area contributed by atoms with Gasteiger partial charge in [-0.3, -0.25) is 0 Å². The number of aliphatic imine (C=N–C) groups is 1. The Morgan fingerprint density at radius 2 is 2.10 bits per heavy atom. The second kappa shape index (κ2) is 5.81. The molecular weight excluding hydrogens is 292 g/mol. The number of thiazole rings is 1. The van der Waals surface area contributed by atoms with Crippen LogP contribution in [0.1, 0.15) is 11.3 Å². The number of likely N-dealkylation sites (tertiary alicyclic amines) is 1. The van der Waals surface area contributed by atoms with Crippen LogP contribution in [0.5, 0.6) is 0 Å². The molecule has 2 aromatic rings. The molecule has 1 aliphatic rings. The molecule has 1 fully saturated rings. The zero-order chi connectivity index (χ0) is 13.9. The smallest absolute Gasteiger partial charge is 0.191 e. The molecule has 1 aromatic carbocycles. The van der Waals surface area contributed by atoms with Crippen LogP contribution in [0, 0.1) is 0 Å². The fraction of sp³-hybridized carbons (Fsp3) is 0.286. The van der Waals surface area contributed by atoms with Crippen molar-refractivity contribution in [2.45, 2.75) is 13.0 Å². The molecule has 1 aliphatic heterocycles. The van der Waals surface area contributed by atoms with Crippen molar-refractivity contribution in [1.29, 1.82) is 0 Å². The molecule has 0 unspecified atom stereocenters. The van der Waals surface area contributed by atoms with Crippen molar-refractivity contribution < 1.29 is 0 Å². The molecule has 2 N–H and O–H groups in total. The van der Waals surface area contributed by atoms with Gasteiger partial charge in [0.05, 0.1) is 6.54 Å². The van der Waals surface area contributed by atoms with Gasteiger partial charge >= 0.3 is 0 Å². The summed E-state index contributed by atoms with van der Waals surface area (Å²) in [6.45, 7) is 2.63. The van der Waals surface area contributed by atoms with E-state index in [4.69, 9.17) is 17.3 Å². The minimum atomic E-state index is 0.591. The zero-order valence-electron chi connectivity index (χ0n) is 10.9. The Labute approximate surface area is 126 Å². The van der Waals surface area contributed by atoms with E-state index in [1.165, 1.54) is 6.42 Å². The molecule has 0 bridgehead atoms. The number of benzene rings is 1. The molecule has 4 nitrogen and oxygen atoms in total. The minimum absolute atomic E-state index is 0.591. The van der Waals surface area contributed by atoms with Gasteiger partial charge in [-0.15, -0.1) is 11.3 Å². The fourth-order valence-corrected chi connectivity index (χ4v) is 2.88. The van der Waals surface area contributed by atoms with Crippen LogP contribution in [0.4, 0.5) is 0 Å². The molecule has 0 radical (unpaired) electrons. The summed E-state index contributed by atoms with van der Waals surface area (Å²) >= 11 is 7.52. The van der Waals surface area contributed by atoms with Crippen molar-refractivity contribution >= 4 is 28.9 Å². The van der Waals surface area contributed by atoms with E-state index in [0.29, 0.717) is 12.5 Å². The highest BCUT2D eigenvalue weighted by molar-refractivity contribution is 7.15. The van der Waals surface area contributed by atoms with E-state index < -0.39 is 0 Å². The first-order valence-electron chi connectivity index (χ1n) is 6.48. The van der Waals surface area contributed by atoms with Crippen molar-refractivity contribution in [3.05, 3.63) is 40.4 Å². The molecule has 3 rings (SSSR count). The third kappa shape index (κ3) is 2.94. The number of hydrogen-bond donors (Lipinski definition) is 1. The highest BCUT2D eigenvalue weighted by atomic mass is 35.5. The number of aromatic nitrogens is 1. The van der Waals surface area contributed by atoms with Gasteiger partial charge in [-0.25, -0.2) is 9.98 Å². The standard InChI is InChI=1S/C14H15ClN4S/c15-11-4-2-10(3-5-11)13-17-8-12(20-13)9-18-14(16)19-6-1-7-19/h2-5,8H,1,6-7,9H2,(H2,16,18). The maximum absolute atomic E-state index is 5.91. The van der Waals surface area contributed by atoms with E-state index in [2.05, 4.69) is 14.9 Å². The molecule has 104 valence electrons. The molecule has 1 saturated heterocycles. The molecule has 0 atom stereocenters. The number of hydrogen-bond acceptors (Lipinski definition) is 3. The minimum Gasteiger partial charge on any atom is -0.370 e. The third-order valence-electron chi connectivity index (χ3n) is 3.22. The summed E-state index contributed by atoms with van der Waals surface area (Å²) in [4.78, 5) is 12.0. The molecule has 20 heavy (non-hydrogen) atoms. The number of rotatable bonds is 3. The van der Waals surface area contributed by atoms with Gasteiger partial charge in [0.2, 0.25) is 0 Å². The molecule has 6 heteroatoms. The van der Waals surface area contributed by atoms with Gasteiger partial charge in [-0.05, 0) is 18.6 Å². The van der Waals surface area contributed by atoms with Crippen LogP contribution < -0.4 is 5.73 Å². The Bertz CT molecular complexity index is 616. The SMILES string of the molecule is NC(=NCc1cnc(-c2ccc(Cl)cc2)s1)N1CCC1. The lowest BCUT2D eigenvalue weighted by Crippen LogP contribution is -2.46. The Morgan fingerprint density at radius 3 is 2.75 bits per heavy atom. The molecule has 0 aliphatic carbocycles. The van der Waals surface area contributed by atoms with Gasteiger partial charge in [-0.2, -0.15) is 0 Å². The molecule has 1 aromatic heterocycles. The van der Waals surface area contributed by atoms with E-state index >= 15 is 0 Å². The predicted molar refractivity (Wildman–Crippen MR) is 84.1 cm³/mol. The van der Waals surface area contributed by atoms with Crippen LogP contribution in [-0.4, -0.2) is 28.9 Å². The van der Waals surface area contributed by atoms with Crippen molar-refractivity contribution in [2.24, 2.45) is 10.7 Å². The fourth-order valence-electron chi connectivity index (χ4n) is 1.91. The van der Waals surface area contributed by atoms with Gasteiger partial charge in [0, 0.05) is 34.7 Å². The maximum atomic E-state index is 5.91. The van der Waals surface area contributed by atoms with Crippen molar-refractivity contribution in [3.63, 3.8) is 0 Å². The van der Waals surface area contributed by atoms with Gasteiger partial charge in [0.25, 0.3) is 0 Å². The van der Waals surface area contributed by atoms with Crippen molar-refractivity contribution in [3.8, 4) is 10.6 Å². The van der Waals surface area contributed by atoms with Gasteiger partial charge in [0.15, 0.2) is 5.96 Å². The molecule has 0 amide bonds. The number of nitrogens with two attached hydrogens (primary N) is 1. The van der Waals surface area contributed by atoms with Crippen LogP contribution in [0.25, 0.3) is 10.6 Å². The summed E-state index contributed by atoms with van der Waals surface area (Å²) in [6.07, 6.45) is 3.07. The van der Waals surface area contributed by atoms with Crippen molar-refractivity contribution in [2.75, 3.05) is 13.1 Å². The monoisotopic (exact) mass is 306 g/mol. The summed E-state index contributed by atoms with van der Waals surface area (Å²) in [5, 5.41) is 1.71. The van der Waals surface area contributed by atoms with E-state index in [1.54, 1.807) is 11.3 Å². The zero-order valence-corrected chi connectivity index (χ0v) is 12.5. The molecule has 0 spiro atoms. The second-order valence-corrected chi connectivity index (χ2v) is 6.21. The largest absolute Gasteiger partial charge is 0.370 e. The lowest BCUT2D eigenvalue weighted by molar-refractivity contribution is 0.295. The third-order valence-corrected chi connectivity index (χ3v) is 4.50. The normalized spacial score (nSPS) is 15.2. The first-order chi connectivity index (χ1) is 9.72. The predicted octanol–water partition coefficient (Wildman–Crippen LogP) is 2.98.